The molecule has 720 valence electrons. The van der Waals surface area contributed by atoms with Crippen molar-refractivity contribution < 1.29 is 166 Å². The molecule has 0 aromatic heterocycles. The van der Waals surface area contributed by atoms with Gasteiger partial charge in [-0.3, -0.25) is 28.8 Å². The fraction of sp³-hybridized carbons (Fsp3) is 0.824. The predicted molar refractivity (Wildman–Crippen MR) is 434 cm³/mol. The van der Waals surface area contributed by atoms with Gasteiger partial charge in [0.15, 0.2) is 59.9 Å². The highest BCUT2D eigenvalue weighted by molar-refractivity contribution is 5.84. The van der Waals surface area contributed by atoms with E-state index in [0.29, 0.717) is 5.56 Å². The van der Waals surface area contributed by atoms with Gasteiger partial charge in [0.25, 0.3) is 0 Å². The number of ether oxygens (including phenoxy) is 26. The number of methoxy groups -OCH3 is 5. The van der Waals surface area contributed by atoms with Crippen LogP contribution in [0.4, 0.5) is 14.4 Å². The minimum Gasteiger partial charge on any atom is -0.469 e. The molecule has 12 aliphatic rings. The fourth-order valence-corrected chi connectivity index (χ4v) is 18.8. The Bertz CT molecular complexity index is 4090. The average Bonchev–Trinajstić information content (AvgIpc) is 1.62. The first-order valence-corrected chi connectivity index (χ1v) is 43.5. The van der Waals surface area contributed by atoms with Crippen molar-refractivity contribution in [2.45, 2.75) is 399 Å². The highest BCUT2D eigenvalue weighted by Crippen LogP contribution is 2.48. The van der Waals surface area contributed by atoms with E-state index in [-0.39, 0.29) is 19.7 Å². The van der Waals surface area contributed by atoms with Crippen molar-refractivity contribution in [3.63, 3.8) is 0 Å². The number of carbonyl (C=O) groups is 9. The molecule has 8 N–H and O–H groups in total. The summed E-state index contributed by atoms with van der Waals surface area (Å²) in [5.41, 5.74) is -1.11. The normalized spacial score (nSPS) is 35.8. The Balaban J connectivity index is 0.814. The topological polar surface area (TPSA) is 490 Å². The van der Waals surface area contributed by atoms with Crippen LogP contribution in [-0.2, 0) is 159 Å². The number of amides is 8. The van der Waals surface area contributed by atoms with Crippen molar-refractivity contribution in [3.05, 3.63) is 35.9 Å². The Morgan fingerprint density at radius 1 is 0.320 bits per heavy atom. The number of hydrogen-bond donors (Lipinski definition) is 8. The molecule has 43 nitrogen and oxygen atoms in total. The maximum Gasteiger partial charge on any atom is 0.407 e. The van der Waals surface area contributed by atoms with Crippen LogP contribution in [0.3, 0.4) is 0 Å². The summed E-state index contributed by atoms with van der Waals surface area (Å²) in [6, 6.07) is 0.786. The van der Waals surface area contributed by atoms with Crippen LogP contribution >= 0.6 is 0 Å². The lowest BCUT2D eigenvalue weighted by Gasteiger charge is -2.33. The fourth-order valence-electron chi connectivity index (χ4n) is 18.8. The average molecular weight is 1820 g/mol. The first kappa shape index (κ1) is 98.5. The van der Waals surface area contributed by atoms with Gasteiger partial charge in [-0.1, -0.05) is 30.3 Å². The van der Waals surface area contributed by atoms with Crippen LogP contribution in [0.5, 0.6) is 0 Å². The van der Waals surface area contributed by atoms with Crippen molar-refractivity contribution in [2.75, 3.05) is 48.6 Å². The van der Waals surface area contributed by atoms with E-state index in [0.717, 1.165) is 0 Å². The first-order chi connectivity index (χ1) is 59.9. The maximum atomic E-state index is 16.0. The van der Waals surface area contributed by atoms with E-state index in [1.165, 1.54) is 35.5 Å². The van der Waals surface area contributed by atoms with Crippen molar-refractivity contribution in [3.8, 4) is 0 Å². The second-order valence-corrected chi connectivity index (χ2v) is 38.7. The molecule has 0 aliphatic carbocycles. The van der Waals surface area contributed by atoms with Crippen LogP contribution in [0.25, 0.3) is 0 Å². The van der Waals surface area contributed by atoms with E-state index < -0.39 is 322 Å². The summed E-state index contributed by atoms with van der Waals surface area (Å²) in [6.07, 6.45) is -31.1. The molecule has 8 amide bonds. The van der Waals surface area contributed by atoms with Crippen molar-refractivity contribution in [1.82, 2.24) is 42.5 Å². The number of alkyl carbamates (subject to hydrolysis) is 3. The Hall–Kier alpha value is -7.03. The molecule has 13 rings (SSSR count). The number of fused-ring (bicyclic) bond motifs is 6. The van der Waals surface area contributed by atoms with E-state index in [1.54, 1.807) is 155 Å². The van der Waals surface area contributed by atoms with Crippen LogP contribution in [-0.4, -0.2) is 332 Å². The summed E-state index contributed by atoms with van der Waals surface area (Å²) >= 11 is 0. The van der Waals surface area contributed by atoms with Gasteiger partial charge in [-0.25, -0.2) is 14.4 Å². The number of esters is 1. The summed E-state index contributed by atoms with van der Waals surface area (Å²) < 4.78 is 162. The zero-order valence-electron chi connectivity index (χ0n) is 76.9. The monoisotopic (exact) mass is 1820 g/mol. The number of rotatable bonds is 34. The van der Waals surface area contributed by atoms with Gasteiger partial charge in [0, 0.05) is 73.6 Å². The van der Waals surface area contributed by atoms with E-state index in [1.807, 2.05) is 0 Å². The first-order valence-electron chi connectivity index (χ1n) is 43.5. The number of benzene rings is 1. The second kappa shape index (κ2) is 38.9. The lowest BCUT2D eigenvalue weighted by atomic mass is 9.95. The van der Waals surface area contributed by atoms with Crippen LogP contribution in [0, 0.1) is 0 Å². The summed E-state index contributed by atoms with van der Waals surface area (Å²) in [5.74, 6) is -12.2. The third-order valence-corrected chi connectivity index (χ3v) is 23.4. The van der Waals surface area contributed by atoms with E-state index >= 15 is 24.0 Å². The molecule has 0 radical (unpaired) electrons. The Morgan fingerprint density at radius 3 is 0.828 bits per heavy atom. The lowest BCUT2D eigenvalue weighted by molar-refractivity contribution is -0.230. The molecule has 43 heteroatoms. The standard InChI is InChI=1S/C85H130N8O35/c1-78(2,3)127-75(100)86-35-45-59-61(117-80(7,8)115-59)53(109-45)39(29-47(94)89-42(57-65-69(73(106-22)113-57)125-84(15,16)121-65)32-50(97)92-44(34-52(99)103-19)58-66-70(74(107-23)114-58)126-85(17,18)122-66)88-48(95)30-40(55-63-67(71(104-20)111-55)123-82(11,12)119-63)90-49(96)31-41(56-64-68(72(105-21)112-56)124-83(13,14)120-64)91-51(98)33-43(93-77(102)108-37-38-27-25-24-26-28-38)54-62-60(116-81(9,10)118-62)46(110-54)36-87-76(101)128-79(4,5)6/h24-28,39-46,53-74H,29-37H2,1-23H3,(H,86,100)(H,87,101)(H,88,95)(H,89,94)(H,90,96)(H,91,98)(H,92,97)(H,93,102)/t39-,40+,41-,42+,43+,44-,45+,46+,53+,54+,55+,56+,57+,58+,59+,60+,61-,62-,63-,64-,65-,66-,67-,68-,69-,70-,71-,72-,73-,74-/m0/s1. The van der Waals surface area contributed by atoms with E-state index in [4.69, 9.17) is 123 Å². The minimum absolute atomic E-state index is 0.150. The Morgan fingerprint density at radius 2 is 0.562 bits per heavy atom. The molecule has 0 bridgehead atoms. The van der Waals surface area contributed by atoms with Gasteiger partial charge >= 0.3 is 24.2 Å². The van der Waals surface area contributed by atoms with Crippen LogP contribution in [0.2, 0.25) is 0 Å². The van der Waals surface area contributed by atoms with Crippen molar-refractivity contribution in [2.24, 2.45) is 0 Å². The molecule has 1 aromatic rings. The largest absolute Gasteiger partial charge is 0.469 e. The van der Waals surface area contributed by atoms with Crippen LogP contribution in [0.15, 0.2) is 30.3 Å². The van der Waals surface area contributed by atoms with Crippen LogP contribution < -0.4 is 42.5 Å². The van der Waals surface area contributed by atoms with E-state index in [2.05, 4.69) is 42.5 Å². The van der Waals surface area contributed by atoms with Gasteiger partial charge < -0.3 is 166 Å². The summed E-state index contributed by atoms with van der Waals surface area (Å²) in [7, 11) is 6.76. The van der Waals surface area contributed by atoms with Crippen molar-refractivity contribution in [1.29, 1.82) is 0 Å². The van der Waals surface area contributed by atoms with Gasteiger partial charge in [0.1, 0.15) is 140 Å². The molecule has 30 atom stereocenters. The Labute approximate surface area is 743 Å². The third-order valence-electron chi connectivity index (χ3n) is 23.4. The van der Waals surface area contributed by atoms with Gasteiger partial charge in [0.2, 0.25) is 29.5 Å². The summed E-state index contributed by atoms with van der Waals surface area (Å²) in [5, 5.41) is 23.4. The lowest BCUT2D eigenvalue weighted by Crippen LogP contribution is -2.57. The SMILES string of the molecule is COC(=O)C[C@H](NC(=O)C[C@@H](NC(=O)C[C@H](NC(=O)C[C@@H](NC(=O)C[C@H](NC(=O)C[C@@H](NC(=O)OCc1ccccc1)[C@H]1O[C@H](CNC(=O)OC(C)(C)C)[C@H]2OC(C)(C)O[C@@H]12)[C@H]1O[C@H](OC)[C@H]2OC(C)(C)O[C@H]21)[C@H]1O[C@H](OC)[C@H]2OC(C)(C)O[C@H]21)[C@H]1O[C@H](CNC(=O)OC(C)(C)C)[C@H]2OC(C)(C)O[C@@H]12)[C@H]1O[C@H](OC)[C@H]2OC(C)(C)O[C@H]21)[C@H]1O[C@H](OC)[C@H]2OC(C)(C)O[C@H]21. The molecule has 12 saturated heterocycles. The molecule has 12 aliphatic heterocycles. The van der Waals surface area contributed by atoms with Gasteiger partial charge in [-0.05, 0) is 130 Å². The number of carbonyl (C=O) groups excluding carboxylic acids is 9. The van der Waals surface area contributed by atoms with E-state index in [9.17, 15) is 19.2 Å². The van der Waals surface area contributed by atoms with Crippen LogP contribution in [0.1, 0.15) is 169 Å². The third kappa shape index (κ3) is 23.8. The Kier molecular flexibility index (Phi) is 29.9. The molecule has 1 aromatic carbocycles. The molecule has 12 heterocycles. The zero-order chi connectivity index (χ0) is 93.0. The number of nitrogens with one attached hydrogen (secondary N) is 8. The quantitative estimate of drug-likeness (QED) is 0.0363. The molecule has 0 saturated carbocycles. The highest BCUT2D eigenvalue weighted by Gasteiger charge is 2.65. The second-order valence-electron chi connectivity index (χ2n) is 38.7. The molecule has 0 unspecified atom stereocenters. The molecule has 0 spiro atoms. The predicted octanol–water partition coefficient (Wildman–Crippen LogP) is 2.41. The minimum atomic E-state index is -1.46. The van der Waals surface area contributed by atoms with Gasteiger partial charge in [-0.2, -0.15) is 0 Å². The van der Waals surface area contributed by atoms with Gasteiger partial charge in [-0.15, -0.1) is 0 Å². The smallest absolute Gasteiger partial charge is 0.407 e. The highest BCUT2D eigenvalue weighted by atomic mass is 16.8. The molecule has 12 fully saturated rings. The molecular weight excluding hydrogens is 1690 g/mol. The molecule has 128 heavy (non-hydrogen) atoms. The molecular formula is C85H130N8O35. The summed E-state index contributed by atoms with van der Waals surface area (Å²) in [4.78, 5) is 132. The number of hydrogen-bond acceptors (Lipinski definition) is 35. The van der Waals surface area contributed by atoms with Gasteiger partial charge in [0.05, 0.1) is 49.8 Å². The zero-order valence-corrected chi connectivity index (χ0v) is 76.9. The summed E-state index contributed by atoms with van der Waals surface area (Å²) in [6.45, 7) is 29.8. The van der Waals surface area contributed by atoms with Crippen molar-refractivity contribution >= 4 is 53.8 Å². The maximum absolute atomic E-state index is 16.0.